The number of sulfonamides is 1. The minimum atomic E-state index is -3.28. The van der Waals surface area contributed by atoms with E-state index in [9.17, 15) is 13.2 Å². The lowest BCUT2D eigenvalue weighted by molar-refractivity contribution is 0.501. The predicted octanol–water partition coefficient (Wildman–Crippen LogP) is 0.237. The molecule has 1 aromatic heterocycles. The fourth-order valence-electron chi connectivity index (χ4n) is 1.45. The lowest BCUT2D eigenvalue weighted by Gasteiger charge is -2.04. The van der Waals surface area contributed by atoms with Crippen LogP contribution in [0.15, 0.2) is 33.8 Å². The summed E-state index contributed by atoms with van der Waals surface area (Å²) < 4.78 is 29.0. The summed E-state index contributed by atoms with van der Waals surface area (Å²) in [6, 6.07) is 4.94. The summed E-state index contributed by atoms with van der Waals surface area (Å²) in [7, 11) is -3.28. The number of fused-ring (bicyclic) bond motifs is 1. The van der Waals surface area contributed by atoms with Gasteiger partial charge < -0.3 is 4.42 Å². The number of hydrogen-bond donors (Lipinski definition) is 1. The number of hydrogen-bond acceptors (Lipinski definition) is 5. The van der Waals surface area contributed by atoms with E-state index in [1.165, 1.54) is 0 Å². The molecule has 0 aliphatic carbocycles. The molecule has 17 heavy (non-hydrogen) atoms. The van der Waals surface area contributed by atoms with Gasteiger partial charge in [-0.2, -0.15) is 0 Å². The lowest BCUT2D eigenvalue weighted by atomic mass is 10.1. The number of nitrogens with one attached hydrogen (secondary N) is 1. The molecule has 0 radical (unpaired) electrons. The summed E-state index contributed by atoms with van der Waals surface area (Å²) in [6.07, 6.45) is 2.12. The zero-order chi connectivity index (χ0) is 12.5. The maximum absolute atomic E-state index is 11.4. The molecule has 0 saturated heterocycles. The van der Waals surface area contributed by atoms with Gasteiger partial charge in [0.2, 0.25) is 10.0 Å². The SMILES string of the molecule is CS(=O)(=O)NCc1cccc2c(=O)ocnc12. The molecule has 1 aromatic carbocycles. The Morgan fingerprint density at radius 1 is 1.41 bits per heavy atom. The van der Waals surface area contributed by atoms with Crippen molar-refractivity contribution in [3.8, 4) is 0 Å². The first-order valence-electron chi connectivity index (χ1n) is 4.77. The molecule has 6 nitrogen and oxygen atoms in total. The van der Waals surface area contributed by atoms with Gasteiger partial charge in [-0.05, 0) is 11.6 Å². The Kier molecular flexibility index (Phi) is 2.95. The zero-order valence-corrected chi connectivity index (χ0v) is 9.82. The number of rotatable bonds is 3. The Labute approximate surface area is 97.3 Å². The molecular weight excluding hydrogens is 244 g/mol. The molecule has 0 amide bonds. The monoisotopic (exact) mass is 254 g/mol. The molecule has 0 bridgehead atoms. The maximum atomic E-state index is 11.4. The van der Waals surface area contributed by atoms with Crippen molar-refractivity contribution in [1.29, 1.82) is 0 Å². The van der Waals surface area contributed by atoms with E-state index in [0.29, 0.717) is 16.5 Å². The van der Waals surface area contributed by atoms with Crippen molar-refractivity contribution in [2.75, 3.05) is 6.26 Å². The van der Waals surface area contributed by atoms with Crippen molar-refractivity contribution in [2.24, 2.45) is 0 Å². The van der Waals surface area contributed by atoms with Crippen LogP contribution in [0.4, 0.5) is 0 Å². The largest absolute Gasteiger partial charge is 0.411 e. The van der Waals surface area contributed by atoms with Crippen LogP contribution in [0, 0.1) is 0 Å². The van der Waals surface area contributed by atoms with E-state index < -0.39 is 15.6 Å². The lowest BCUT2D eigenvalue weighted by Crippen LogP contribution is -2.21. The van der Waals surface area contributed by atoms with Crippen LogP contribution in [0.3, 0.4) is 0 Å². The van der Waals surface area contributed by atoms with Crippen LogP contribution in [-0.2, 0) is 16.6 Å². The first kappa shape index (κ1) is 11.7. The molecule has 1 N–H and O–H groups in total. The van der Waals surface area contributed by atoms with Gasteiger partial charge in [0.05, 0.1) is 17.2 Å². The minimum Gasteiger partial charge on any atom is -0.411 e. The molecular formula is C10H10N2O4S. The minimum absolute atomic E-state index is 0.0899. The third-order valence-electron chi connectivity index (χ3n) is 2.21. The summed E-state index contributed by atoms with van der Waals surface area (Å²) >= 11 is 0. The normalized spacial score (nSPS) is 11.8. The average molecular weight is 254 g/mol. The van der Waals surface area contributed by atoms with E-state index in [1.807, 2.05) is 0 Å². The van der Waals surface area contributed by atoms with Crippen LogP contribution in [0.25, 0.3) is 10.9 Å². The first-order valence-corrected chi connectivity index (χ1v) is 6.66. The van der Waals surface area contributed by atoms with Crippen molar-refractivity contribution in [2.45, 2.75) is 6.54 Å². The highest BCUT2D eigenvalue weighted by Crippen LogP contribution is 2.12. The molecule has 2 aromatic rings. The van der Waals surface area contributed by atoms with Crippen molar-refractivity contribution >= 4 is 20.9 Å². The number of nitrogens with zero attached hydrogens (tertiary/aromatic N) is 1. The quantitative estimate of drug-likeness (QED) is 0.847. The fraction of sp³-hybridized carbons (Fsp3) is 0.200. The summed E-state index contributed by atoms with van der Waals surface area (Å²) in [5.74, 6) is 0. The molecule has 1 heterocycles. The second-order valence-electron chi connectivity index (χ2n) is 3.55. The highest BCUT2D eigenvalue weighted by atomic mass is 32.2. The van der Waals surface area contributed by atoms with Crippen LogP contribution in [-0.4, -0.2) is 19.7 Å². The third-order valence-corrected chi connectivity index (χ3v) is 2.87. The highest BCUT2D eigenvalue weighted by Gasteiger charge is 2.07. The van der Waals surface area contributed by atoms with Gasteiger partial charge in [-0.15, -0.1) is 0 Å². The molecule has 0 atom stereocenters. The van der Waals surface area contributed by atoms with Crippen LogP contribution in [0.1, 0.15) is 5.56 Å². The molecule has 0 aliphatic rings. The highest BCUT2D eigenvalue weighted by molar-refractivity contribution is 7.88. The second-order valence-corrected chi connectivity index (χ2v) is 5.38. The third kappa shape index (κ3) is 2.69. The van der Waals surface area contributed by atoms with Gasteiger partial charge in [0.25, 0.3) is 0 Å². The van der Waals surface area contributed by atoms with Gasteiger partial charge in [0.15, 0.2) is 6.39 Å². The molecule has 0 aliphatic heterocycles. The Balaban J connectivity index is 2.48. The van der Waals surface area contributed by atoms with E-state index in [1.54, 1.807) is 18.2 Å². The van der Waals surface area contributed by atoms with Gasteiger partial charge in [-0.25, -0.2) is 22.9 Å². The van der Waals surface area contributed by atoms with Crippen LogP contribution in [0.2, 0.25) is 0 Å². The maximum Gasteiger partial charge on any atom is 0.346 e. The number of para-hydroxylation sites is 1. The summed E-state index contributed by atoms with van der Waals surface area (Å²) in [5.41, 5.74) is 0.580. The van der Waals surface area contributed by atoms with E-state index in [2.05, 4.69) is 14.1 Å². The molecule has 0 spiro atoms. The zero-order valence-electron chi connectivity index (χ0n) is 9.00. The number of benzene rings is 1. The predicted molar refractivity (Wildman–Crippen MR) is 62.0 cm³/mol. The van der Waals surface area contributed by atoms with E-state index in [0.717, 1.165) is 12.6 Å². The van der Waals surface area contributed by atoms with Gasteiger partial charge in [0, 0.05) is 6.54 Å². The van der Waals surface area contributed by atoms with E-state index >= 15 is 0 Å². The summed E-state index contributed by atoms with van der Waals surface area (Å²) in [5, 5.41) is 0.334. The molecule has 0 saturated carbocycles. The van der Waals surface area contributed by atoms with Crippen LogP contribution < -0.4 is 10.3 Å². The van der Waals surface area contributed by atoms with Gasteiger partial charge in [-0.3, -0.25) is 0 Å². The van der Waals surface area contributed by atoms with Gasteiger partial charge in [-0.1, -0.05) is 12.1 Å². The molecule has 0 unspecified atom stereocenters. The second kappa shape index (κ2) is 4.27. The standard InChI is InChI=1S/C10H10N2O4S/c1-17(14,15)12-5-7-3-2-4-8-9(7)11-6-16-10(8)13/h2-4,6,12H,5H2,1H3. The van der Waals surface area contributed by atoms with E-state index in [-0.39, 0.29) is 6.54 Å². The van der Waals surface area contributed by atoms with Crippen LogP contribution >= 0.6 is 0 Å². The first-order chi connectivity index (χ1) is 7.97. The summed E-state index contributed by atoms with van der Waals surface area (Å²) in [6.45, 7) is 0.0899. The Morgan fingerprint density at radius 3 is 2.88 bits per heavy atom. The molecule has 90 valence electrons. The van der Waals surface area contributed by atoms with Crippen LogP contribution in [0.5, 0.6) is 0 Å². The van der Waals surface area contributed by atoms with Crippen molar-refractivity contribution < 1.29 is 12.8 Å². The van der Waals surface area contributed by atoms with Gasteiger partial charge >= 0.3 is 5.63 Å². The Hall–Kier alpha value is -1.73. The van der Waals surface area contributed by atoms with Crippen molar-refractivity contribution in [3.05, 3.63) is 40.6 Å². The average Bonchev–Trinajstić information content (AvgIpc) is 2.26. The molecule has 2 rings (SSSR count). The van der Waals surface area contributed by atoms with Crippen molar-refractivity contribution in [1.82, 2.24) is 9.71 Å². The Bertz CT molecular complexity index is 706. The topological polar surface area (TPSA) is 89.3 Å². The smallest absolute Gasteiger partial charge is 0.346 e. The van der Waals surface area contributed by atoms with Crippen molar-refractivity contribution in [3.63, 3.8) is 0 Å². The fourth-order valence-corrected chi connectivity index (χ4v) is 1.87. The number of aromatic nitrogens is 1. The molecule has 7 heteroatoms. The van der Waals surface area contributed by atoms with Gasteiger partial charge in [0.1, 0.15) is 0 Å². The Morgan fingerprint density at radius 2 is 2.18 bits per heavy atom. The molecule has 0 fully saturated rings. The summed E-state index contributed by atoms with van der Waals surface area (Å²) in [4.78, 5) is 15.3. The van der Waals surface area contributed by atoms with E-state index in [4.69, 9.17) is 0 Å².